The molecule has 0 unspecified atom stereocenters. The Balaban J connectivity index is 1.68. The normalized spacial score (nSPS) is 32.1. The molecule has 2 saturated carbocycles. The van der Waals surface area contributed by atoms with Crippen molar-refractivity contribution >= 4 is 29.5 Å². The van der Waals surface area contributed by atoms with Crippen LogP contribution in [0.5, 0.6) is 0 Å². The van der Waals surface area contributed by atoms with Crippen LogP contribution in [0, 0.1) is 17.8 Å². The van der Waals surface area contributed by atoms with Crippen molar-refractivity contribution in [1.29, 1.82) is 0 Å². The predicted octanol–water partition coefficient (Wildman–Crippen LogP) is 2.23. The van der Waals surface area contributed by atoms with E-state index in [0.29, 0.717) is 25.2 Å². The molecule has 7 atom stereocenters. The molecule has 4 fully saturated rings. The number of carbonyl (C=O) groups is 5. The summed E-state index contributed by atoms with van der Waals surface area (Å²) in [6.07, 6.45) is 12.8. The molecule has 0 aromatic rings. The predicted molar refractivity (Wildman–Crippen MR) is 202 cm³/mol. The topological polar surface area (TPSA) is 193 Å². The first-order valence-electron chi connectivity index (χ1n) is 20.7. The zero-order chi connectivity index (χ0) is 38.3. The first-order valence-corrected chi connectivity index (χ1v) is 20.7. The summed E-state index contributed by atoms with van der Waals surface area (Å²) in [7, 11) is 1.66. The molecule has 14 nitrogen and oxygen atoms in total. The zero-order valence-corrected chi connectivity index (χ0v) is 32.8. The van der Waals surface area contributed by atoms with Gasteiger partial charge in [0.1, 0.15) is 30.4 Å². The van der Waals surface area contributed by atoms with E-state index < -0.39 is 66.0 Å². The number of hydrogen-bond acceptors (Lipinski definition) is 9. The molecule has 53 heavy (non-hydrogen) atoms. The minimum Gasteiger partial charge on any atom is -0.375 e. The molecule has 7 N–H and O–H groups in total. The van der Waals surface area contributed by atoms with Gasteiger partial charge >= 0.3 is 0 Å². The van der Waals surface area contributed by atoms with Gasteiger partial charge in [-0.2, -0.15) is 0 Å². The van der Waals surface area contributed by atoms with Crippen LogP contribution >= 0.6 is 0 Å². The van der Waals surface area contributed by atoms with Crippen molar-refractivity contribution in [3.05, 3.63) is 0 Å². The number of ether oxygens (including phenoxy) is 2. The summed E-state index contributed by atoms with van der Waals surface area (Å²) < 4.78 is 12.7. The van der Waals surface area contributed by atoms with Gasteiger partial charge in [-0.15, -0.1) is 0 Å². The number of nitrogens with one attached hydrogen (secondary N) is 5. The zero-order valence-electron chi connectivity index (χ0n) is 32.8. The highest BCUT2D eigenvalue weighted by atomic mass is 16.5. The van der Waals surface area contributed by atoms with Crippen LogP contribution < -0.4 is 32.3 Å². The molecular formula is C39H69N7O7. The second-order valence-electron chi connectivity index (χ2n) is 16.0. The Morgan fingerprint density at radius 2 is 1.36 bits per heavy atom. The van der Waals surface area contributed by atoms with Crippen molar-refractivity contribution in [2.75, 3.05) is 33.3 Å². The van der Waals surface area contributed by atoms with Gasteiger partial charge in [0.25, 0.3) is 0 Å². The maximum absolute atomic E-state index is 14.3. The largest absolute Gasteiger partial charge is 0.375 e. The molecular weight excluding hydrogens is 678 g/mol. The lowest BCUT2D eigenvalue weighted by Gasteiger charge is -2.36. The number of likely N-dealkylation sites (N-methyl/N-ethyl adjacent to an activating group) is 1. The third-order valence-electron chi connectivity index (χ3n) is 11.9. The average Bonchev–Trinajstić information content (AvgIpc) is 3.45. The Hall–Kier alpha value is -2.81. The van der Waals surface area contributed by atoms with Gasteiger partial charge in [0, 0.05) is 13.6 Å². The van der Waals surface area contributed by atoms with Crippen LogP contribution in [0.3, 0.4) is 0 Å². The van der Waals surface area contributed by atoms with Gasteiger partial charge in [0.2, 0.25) is 29.5 Å². The van der Waals surface area contributed by atoms with Crippen molar-refractivity contribution in [2.45, 2.75) is 166 Å². The second kappa shape index (κ2) is 21.9. The first kappa shape index (κ1) is 42.9. The van der Waals surface area contributed by atoms with Crippen molar-refractivity contribution in [1.82, 2.24) is 31.5 Å². The maximum Gasteiger partial charge on any atom is 0.246 e. The van der Waals surface area contributed by atoms with E-state index in [2.05, 4.69) is 26.6 Å². The summed E-state index contributed by atoms with van der Waals surface area (Å²) in [5, 5.41) is 14.9. The highest BCUT2D eigenvalue weighted by Crippen LogP contribution is 2.32. The Morgan fingerprint density at radius 3 is 2.00 bits per heavy atom. The molecule has 2 heterocycles. The van der Waals surface area contributed by atoms with Gasteiger partial charge in [0.15, 0.2) is 0 Å². The van der Waals surface area contributed by atoms with Crippen molar-refractivity contribution < 1.29 is 33.4 Å². The third kappa shape index (κ3) is 12.9. The van der Waals surface area contributed by atoms with Crippen molar-refractivity contribution in [2.24, 2.45) is 23.5 Å². The summed E-state index contributed by atoms with van der Waals surface area (Å²) >= 11 is 0. The molecule has 2 saturated heterocycles. The molecule has 4 aliphatic rings. The Bertz CT molecular complexity index is 1190. The molecule has 0 bridgehead atoms. The van der Waals surface area contributed by atoms with E-state index in [4.69, 9.17) is 15.2 Å². The molecule has 0 aromatic heterocycles. The van der Waals surface area contributed by atoms with Gasteiger partial charge in [-0.3, -0.25) is 24.0 Å². The van der Waals surface area contributed by atoms with Gasteiger partial charge in [-0.05, 0) is 70.4 Å². The first-order chi connectivity index (χ1) is 25.5. The fourth-order valence-electron chi connectivity index (χ4n) is 8.57. The quantitative estimate of drug-likeness (QED) is 0.192. The monoisotopic (exact) mass is 748 g/mol. The summed E-state index contributed by atoms with van der Waals surface area (Å²) in [4.78, 5) is 71.8. The van der Waals surface area contributed by atoms with Crippen molar-refractivity contribution in [3.8, 4) is 0 Å². The lowest BCUT2D eigenvalue weighted by Crippen LogP contribution is -2.62. The third-order valence-corrected chi connectivity index (χ3v) is 11.9. The second-order valence-corrected chi connectivity index (χ2v) is 16.0. The van der Waals surface area contributed by atoms with E-state index in [1.54, 1.807) is 14.0 Å². The maximum atomic E-state index is 14.3. The molecule has 0 spiro atoms. The average molecular weight is 748 g/mol. The number of rotatable bonds is 9. The van der Waals surface area contributed by atoms with E-state index >= 15 is 0 Å². The van der Waals surface area contributed by atoms with E-state index in [1.165, 1.54) is 11.3 Å². The van der Waals surface area contributed by atoms with E-state index in [-0.39, 0.29) is 31.1 Å². The van der Waals surface area contributed by atoms with Crippen LogP contribution in [0.15, 0.2) is 0 Å². The van der Waals surface area contributed by atoms with Crippen LogP contribution in [0.2, 0.25) is 0 Å². The molecule has 2 aliphatic carbocycles. The SMILES string of the molecule is CCC[C@H]1C(=O)N[C@@H](C2CCCCCC2)C(=O)N[C@@H](CN)C(=O)N[C@@H](COC2CCNCC2)C(=O)N[C@H](C)O[C@H](CC2CCCCC2)[C@@H](C)C(=O)N1C. The molecule has 0 aromatic carbocycles. The molecule has 302 valence electrons. The lowest BCUT2D eigenvalue weighted by molar-refractivity contribution is -0.151. The summed E-state index contributed by atoms with van der Waals surface area (Å²) in [6.45, 7) is 6.82. The fraction of sp³-hybridized carbons (Fsp3) is 0.872. The number of nitrogens with two attached hydrogens (primary N) is 1. The molecule has 14 heteroatoms. The standard InChI is InChI=1S/C39H69N7O7/c1-5-13-32-37(49)45-34(28-16-11-6-7-12-17-28)38(50)43-30(23-40)35(47)44-31(24-52-29-18-20-41-21-19-29)36(48)42-26(3)53-33(25(2)39(51)46(32)4)22-27-14-9-8-10-15-27/h25-34,41H,5-24,40H2,1-4H3,(H,42,48)(H,43,50)(H,44,47)(H,45,49)/t25-,26+,30+,31+,32+,33-,34+/m1/s1. The Kier molecular flexibility index (Phi) is 17.8. The summed E-state index contributed by atoms with van der Waals surface area (Å²) in [6, 6.07) is -3.99. The van der Waals surface area contributed by atoms with E-state index in [9.17, 15) is 24.0 Å². The van der Waals surface area contributed by atoms with Gasteiger partial charge in [-0.25, -0.2) is 0 Å². The fourth-order valence-corrected chi connectivity index (χ4v) is 8.57. The smallest absolute Gasteiger partial charge is 0.246 e. The van der Waals surface area contributed by atoms with E-state index in [0.717, 1.165) is 90.1 Å². The molecule has 5 amide bonds. The number of hydrogen-bond donors (Lipinski definition) is 6. The van der Waals surface area contributed by atoms with Gasteiger partial charge in [-0.1, -0.05) is 78.1 Å². The highest BCUT2D eigenvalue weighted by molar-refractivity contribution is 5.96. The molecule has 0 radical (unpaired) electrons. The van der Waals surface area contributed by atoms with E-state index in [1.807, 2.05) is 13.8 Å². The molecule has 4 rings (SSSR count). The highest BCUT2D eigenvalue weighted by Gasteiger charge is 2.39. The van der Waals surface area contributed by atoms with Crippen LogP contribution in [0.1, 0.15) is 124 Å². The van der Waals surface area contributed by atoms with Gasteiger partial charge < -0.3 is 46.7 Å². The van der Waals surface area contributed by atoms with Crippen LogP contribution in [-0.2, 0) is 33.4 Å². The molecule has 2 aliphatic heterocycles. The Labute approximate surface area is 316 Å². The van der Waals surface area contributed by atoms with Crippen molar-refractivity contribution in [3.63, 3.8) is 0 Å². The minimum atomic E-state index is -1.16. The van der Waals surface area contributed by atoms with Gasteiger partial charge in [0.05, 0.1) is 24.7 Å². The number of amides is 5. The minimum absolute atomic E-state index is 0.0723. The summed E-state index contributed by atoms with van der Waals surface area (Å²) in [5.74, 6) is -2.62. The number of nitrogens with zero attached hydrogens (tertiary/aromatic N) is 1. The van der Waals surface area contributed by atoms with Crippen LogP contribution in [-0.4, -0.2) is 110 Å². The van der Waals surface area contributed by atoms with Crippen LogP contribution in [0.4, 0.5) is 0 Å². The van der Waals surface area contributed by atoms with Crippen LogP contribution in [0.25, 0.3) is 0 Å². The number of piperidine rings is 1. The number of carbonyl (C=O) groups excluding carboxylic acids is 5. The lowest BCUT2D eigenvalue weighted by atomic mass is 9.82. The summed E-state index contributed by atoms with van der Waals surface area (Å²) in [5.41, 5.74) is 6.08. The Morgan fingerprint density at radius 1 is 0.755 bits per heavy atom.